The largest absolute Gasteiger partial charge is 0.320 e. The Bertz CT molecular complexity index is 1000. The zero-order chi connectivity index (χ0) is 21.0. The van der Waals surface area contributed by atoms with Crippen molar-refractivity contribution in [3.8, 4) is 11.4 Å². The van der Waals surface area contributed by atoms with Crippen molar-refractivity contribution >= 4 is 23.4 Å². The number of para-hydroxylation sites is 1. The molecule has 0 unspecified atom stereocenters. The standard InChI is InChI=1S/C21H22F2N4OS/c1-4-11-27-19(15-8-5-7-13(2)12-15)25-26-21(27)29-14(3)20(28)24-18-16(22)9-6-10-17(18)23/h5-10,12,14H,4,11H2,1-3H3,(H,24,28)/t14-/m0/s1. The minimum Gasteiger partial charge on any atom is -0.320 e. The van der Waals surface area contributed by atoms with Gasteiger partial charge in [-0.15, -0.1) is 10.2 Å². The van der Waals surface area contributed by atoms with Crippen LogP contribution >= 0.6 is 11.8 Å². The number of carbonyl (C=O) groups is 1. The molecule has 1 aromatic heterocycles. The molecule has 0 aliphatic carbocycles. The summed E-state index contributed by atoms with van der Waals surface area (Å²) in [4.78, 5) is 12.5. The maximum Gasteiger partial charge on any atom is 0.237 e. The van der Waals surface area contributed by atoms with E-state index in [1.165, 1.54) is 17.8 Å². The number of rotatable bonds is 7. The topological polar surface area (TPSA) is 59.8 Å². The monoisotopic (exact) mass is 416 g/mol. The minimum atomic E-state index is -0.813. The van der Waals surface area contributed by atoms with E-state index in [0.717, 1.165) is 35.5 Å². The molecule has 1 N–H and O–H groups in total. The Kier molecular flexibility index (Phi) is 6.64. The maximum absolute atomic E-state index is 13.8. The van der Waals surface area contributed by atoms with Gasteiger partial charge in [-0.3, -0.25) is 4.79 Å². The van der Waals surface area contributed by atoms with Gasteiger partial charge in [-0.25, -0.2) is 8.78 Å². The van der Waals surface area contributed by atoms with Crippen LogP contribution in [0.1, 0.15) is 25.8 Å². The Hall–Kier alpha value is -2.74. The number of hydrogen-bond acceptors (Lipinski definition) is 4. The molecule has 1 atom stereocenters. The molecule has 29 heavy (non-hydrogen) atoms. The molecule has 0 bridgehead atoms. The molecule has 0 saturated carbocycles. The first-order chi connectivity index (χ1) is 13.9. The van der Waals surface area contributed by atoms with Crippen molar-refractivity contribution in [1.82, 2.24) is 14.8 Å². The molecule has 152 valence electrons. The summed E-state index contributed by atoms with van der Waals surface area (Å²) < 4.78 is 29.6. The van der Waals surface area contributed by atoms with Crippen molar-refractivity contribution in [2.75, 3.05) is 5.32 Å². The Labute approximate surface area is 172 Å². The van der Waals surface area contributed by atoms with Gasteiger partial charge in [0.1, 0.15) is 17.3 Å². The molecule has 3 aromatic rings. The second-order valence-electron chi connectivity index (χ2n) is 6.67. The summed E-state index contributed by atoms with van der Waals surface area (Å²) >= 11 is 1.20. The number of nitrogens with zero attached hydrogens (tertiary/aromatic N) is 3. The Morgan fingerprint density at radius 3 is 2.52 bits per heavy atom. The number of carbonyl (C=O) groups excluding carboxylic acids is 1. The van der Waals surface area contributed by atoms with Gasteiger partial charge in [-0.05, 0) is 38.5 Å². The summed E-state index contributed by atoms with van der Waals surface area (Å²) in [7, 11) is 0. The van der Waals surface area contributed by atoms with Crippen molar-refractivity contribution in [1.29, 1.82) is 0 Å². The highest BCUT2D eigenvalue weighted by atomic mass is 32.2. The highest BCUT2D eigenvalue weighted by molar-refractivity contribution is 8.00. The molecular weight excluding hydrogens is 394 g/mol. The summed E-state index contributed by atoms with van der Waals surface area (Å²) in [5, 5.41) is 10.9. The smallest absolute Gasteiger partial charge is 0.237 e. The Morgan fingerprint density at radius 1 is 1.17 bits per heavy atom. The quantitative estimate of drug-likeness (QED) is 0.547. The molecule has 0 fully saturated rings. The molecule has 0 aliphatic heterocycles. The van der Waals surface area contributed by atoms with Crippen LogP contribution in [0.5, 0.6) is 0 Å². The van der Waals surface area contributed by atoms with Gasteiger partial charge in [0.2, 0.25) is 5.91 Å². The highest BCUT2D eigenvalue weighted by Gasteiger charge is 2.22. The van der Waals surface area contributed by atoms with Crippen LogP contribution in [0.4, 0.5) is 14.5 Å². The molecule has 0 saturated heterocycles. The number of thioether (sulfide) groups is 1. The first kappa shape index (κ1) is 21.0. The van der Waals surface area contributed by atoms with Gasteiger partial charge in [0.15, 0.2) is 11.0 Å². The number of amides is 1. The lowest BCUT2D eigenvalue weighted by atomic mass is 10.1. The van der Waals surface area contributed by atoms with Crippen molar-refractivity contribution in [3.63, 3.8) is 0 Å². The van der Waals surface area contributed by atoms with E-state index in [-0.39, 0.29) is 0 Å². The maximum atomic E-state index is 13.8. The zero-order valence-corrected chi connectivity index (χ0v) is 17.3. The van der Waals surface area contributed by atoms with Crippen LogP contribution in [0, 0.1) is 18.6 Å². The highest BCUT2D eigenvalue weighted by Crippen LogP contribution is 2.28. The van der Waals surface area contributed by atoms with Crippen LogP contribution in [0.3, 0.4) is 0 Å². The van der Waals surface area contributed by atoms with Gasteiger partial charge in [-0.2, -0.15) is 0 Å². The minimum absolute atomic E-state index is 0.444. The van der Waals surface area contributed by atoms with E-state index >= 15 is 0 Å². The zero-order valence-electron chi connectivity index (χ0n) is 16.4. The van der Waals surface area contributed by atoms with Crippen LogP contribution < -0.4 is 5.32 Å². The van der Waals surface area contributed by atoms with E-state index in [2.05, 4.69) is 15.5 Å². The predicted octanol–water partition coefficient (Wildman–Crippen LogP) is 5.06. The normalized spacial score (nSPS) is 12.0. The van der Waals surface area contributed by atoms with Crippen LogP contribution in [0.15, 0.2) is 47.6 Å². The summed E-state index contributed by atoms with van der Waals surface area (Å²) in [6, 6.07) is 11.4. The summed E-state index contributed by atoms with van der Waals surface area (Å²) in [6.45, 7) is 6.41. The average Bonchev–Trinajstić information content (AvgIpc) is 3.07. The first-order valence-electron chi connectivity index (χ1n) is 9.32. The second-order valence-corrected chi connectivity index (χ2v) is 7.98. The van der Waals surface area contributed by atoms with E-state index < -0.39 is 28.5 Å². The number of anilines is 1. The molecule has 2 aromatic carbocycles. The molecule has 8 heteroatoms. The fourth-order valence-electron chi connectivity index (χ4n) is 2.85. The SMILES string of the molecule is CCCn1c(S[C@@H](C)C(=O)Nc2c(F)cccc2F)nnc1-c1cccc(C)c1. The van der Waals surface area contributed by atoms with Gasteiger partial charge < -0.3 is 9.88 Å². The second kappa shape index (κ2) is 9.17. The molecular formula is C21H22F2N4OS. The van der Waals surface area contributed by atoms with Crippen LogP contribution in [0.25, 0.3) is 11.4 Å². The molecule has 5 nitrogen and oxygen atoms in total. The summed E-state index contributed by atoms with van der Waals surface area (Å²) in [5.41, 5.74) is 1.62. The van der Waals surface area contributed by atoms with Crippen molar-refractivity contribution < 1.29 is 13.6 Å². The number of aryl methyl sites for hydroxylation is 1. The van der Waals surface area contributed by atoms with Crippen LogP contribution in [-0.2, 0) is 11.3 Å². The van der Waals surface area contributed by atoms with E-state index in [1.54, 1.807) is 6.92 Å². The number of aromatic nitrogens is 3. The molecule has 1 heterocycles. The Morgan fingerprint density at radius 2 is 1.86 bits per heavy atom. The lowest BCUT2D eigenvalue weighted by Crippen LogP contribution is -2.24. The third-order valence-electron chi connectivity index (χ3n) is 4.30. The molecule has 1 amide bonds. The van der Waals surface area contributed by atoms with Crippen LogP contribution in [0.2, 0.25) is 0 Å². The van der Waals surface area contributed by atoms with Crippen LogP contribution in [-0.4, -0.2) is 25.9 Å². The molecule has 0 aliphatic rings. The summed E-state index contributed by atoms with van der Waals surface area (Å²) in [5.74, 6) is -1.41. The lowest BCUT2D eigenvalue weighted by Gasteiger charge is -2.14. The number of benzene rings is 2. The summed E-state index contributed by atoms with van der Waals surface area (Å²) in [6.07, 6.45) is 0.866. The van der Waals surface area contributed by atoms with Gasteiger partial charge in [0, 0.05) is 12.1 Å². The van der Waals surface area contributed by atoms with Crippen molar-refractivity contribution in [2.45, 2.75) is 44.1 Å². The third kappa shape index (κ3) is 4.82. The number of nitrogens with one attached hydrogen (secondary N) is 1. The average molecular weight is 416 g/mol. The number of halogens is 2. The molecule has 0 radical (unpaired) electrons. The van der Waals surface area contributed by atoms with E-state index in [4.69, 9.17) is 0 Å². The van der Waals surface area contributed by atoms with Gasteiger partial charge >= 0.3 is 0 Å². The van der Waals surface area contributed by atoms with Gasteiger partial charge in [-0.1, -0.05) is 48.5 Å². The van der Waals surface area contributed by atoms with Crippen molar-refractivity contribution in [3.05, 3.63) is 59.7 Å². The first-order valence-corrected chi connectivity index (χ1v) is 10.2. The van der Waals surface area contributed by atoms with Gasteiger partial charge in [0.25, 0.3) is 0 Å². The fourth-order valence-corrected chi connectivity index (χ4v) is 3.73. The van der Waals surface area contributed by atoms with E-state index in [0.29, 0.717) is 11.7 Å². The fraction of sp³-hybridized carbons (Fsp3) is 0.286. The Balaban J connectivity index is 1.81. The number of hydrogen-bond donors (Lipinski definition) is 1. The third-order valence-corrected chi connectivity index (χ3v) is 5.38. The molecule has 3 rings (SSSR count). The van der Waals surface area contributed by atoms with Gasteiger partial charge in [0.05, 0.1) is 5.25 Å². The molecule has 0 spiro atoms. The van der Waals surface area contributed by atoms with E-state index in [9.17, 15) is 13.6 Å². The predicted molar refractivity (Wildman–Crippen MR) is 111 cm³/mol. The van der Waals surface area contributed by atoms with E-state index in [1.807, 2.05) is 42.7 Å². The van der Waals surface area contributed by atoms with Crippen molar-refractivity contribution in [2.24, 2.45) is 0 Å². The lowest BCUT2D eigenvalue weighted by molar-refractivity contribution is -0.115.